The molecule has 0 saturated heterocycles. The molecule has 0 N–H and O–H groups in total. The molecule has 0 saturated carbocycles. The van der Waals surface area contributed by atoms with Crippen molar-refractivity contribution < 1.29 is 0 Å². The average molecular weight is 262 g/mol. The van der Waals surface area contributed by atoms with Crippen molar-refractivity contribution in [1.82, 2.24) is 10.2 Å². The van der Waals surface area contributed by atoms with Crippen molar-refractivity contribution in [2.24, 2.45) is 0 Å². The number of hydrogen-bond donors (Lipinski definition) is 0. The number of benzene rings is 2. The zero-order valence-corrected chi connectivity index (χ0v) is 10.9. The minimum absolute atomic E-state index is 0.943. The second kappa shape index (κ2) is 4.14. The summed E-state index contributed by atoms with van der Waals surface area (Å²) in [7, 11) is 0. The van der Waals surface area contributed by atoms with Gasteiger partial charge in [0.1, 0.15) is 0 Å². The molecular weight excluding hydrogens is 252 g/mol. The zero-order chi connectivity index (χ0) is 12.7. The van der Waals surface area contributed by atoms with Crippen LogP contribution >= 0.6 is 11.3 Å². The molecule has 0 atom stereocenters. The minimum atomic E-state index is 0.943. The van der Waals surface area contributed by atoms with Gasteiger partial charge in [0.2, 0.25) is 0 Å². The van der Waals surface area contributed by atoms with Crippen molar-refractivity contribution in [3.05, 3.63) is 59.3 Å². The van der Waals surface area contributed by atoms with Crippen molar-refractivity contribution in [2.75, 3.05) is 0 Å². The van der Waals surface area contributed by atoms with Crippen LogP contribution in [0.4, 0.5) is 0 Å². The monoisotopic (exact) mass is 262 g/mol. The first-order valence-corrected chi connectivity index (χ1v) is 7.04. The molecule has 0 radical (unpaired) electrons. The Balaban J connectivity index is 2.03. The van der Waals surface area contributed by atoms with Crippen molar-refractivity contribution in [1.29, 1.82) is 0 Å². The third kappa shape index (κ3) is 1.71. The molecule has 2 nitrogen and oxygen atoms in total. The summed E-state index contributed by atoms with van der Waals surface area (Å²) in [6, 6.07) is 16.6. The van der Waals surface area contributed by atoms with E-state index in [2.05, 4.69) is 51.3 Å². The van der Waals surface area contributed by atoms with Crippen LogP contribution in [0.2, 0.25) is 0 Å². The first-order valence-electron chi connectivity index (χ1n) is 6.09. The Morgan fingerprint density at radius 1 is 0.737 bits per heavy atom. The highest BCUT2D eigenvalue weighted by Crippen LogP contribution is 2.28. The summed E-state index contributed by atoms with van der Waals surface area (Å²) < 4.78 is 0. The Kier molecular flexibility index (Phi) is 2.32. The van der Waals surface area contributed by atoms with E-state index in [0.29, 0.717) is 0 Å². The molecule has 90 valence electrons. The number of rotatable bonds is 1. The van der Waals surface area contributed by atoms with Crippen molar-refractivity contribution in [3.8, 4) is 11.1 Å². The Morgan fingerprint density at radius 3 is 2.47 bits per heavy atom. The molecule has 0 fully saturated rings. The van der Waals surface area contributed by atoms with Crippen molar-refractivity contribution >= 4 is 33.1 Å². The van der Waals surface area contributed by atoms with E-state index in [1.807, 2.05) is 18.2 Å². The maximum Gasteiger partial charge on any atom is 0.0942 e. The number of aromatic nitrogens is 2. The fraction of sp³-hybridized carbons (Fsp3) is 0. The van der Waals surface area contributed by atoms with Gasteiger partial charge in [-0.2, -0.15) is 11.3 Å². The minimum Gasteiger partial charge on any atom is -0.152 e. The summed E-state index contributed by atoms with van der Waals surface area (Å²) in [4.78, 5) is 0. The first kappa shape index (κ1) is 10.6. The van der Waals surface area contributed by atoms with Gasteiger partial charge in [-0.1, -0.05) is 30.3 Å². The Labute approximate surface area is 114 Å². The van der Waals surface area contributed by atoms with Crippen LogP contribution in [0.15, 0.2) is 59.3 Å². The van der Waals surface area contributed by atoms with E-state index in [4.69, 9.17) is 0 Å². The van der Waals surface area contributed by atoms with Gasteiger partial charge in [-0.15, -0.1) is 10.2 Å². The van der Waals surface area contributed by atoms with Gasteiger partial charge in [0.05, 0.1) is 11.0 Å². The van der Waals surface area contributed by atoms with E-state index in [1.54, 1.807) is 11.3 Å². The van der Waals surface area contributed by atoms with Crippen LogP contribution in [-0.4, -0.2) is 10.2 Å². The summed E-state index contributed by atoms with van der Waals surface area (Å²) in [5.41, 5.74) is 4.32. The molecule has 19 heavy (non-hydrogen) atoms. The normalized spacial score (nSPS) is 11.2. The van der Waals surface area contributed by atoms with E-state index in [9.17, 15) is 0 Å². The van der Waals surface area contributed by atoms with Crippen LogP contribution in [-0.2, 0) is 0 Å². The lowest BCUT2D eigenvalue weighted by Crippen LogP contribution is -1.87. The van der Waals surface area contributed by atoms with Crippen LogP contribution in [0.25, 0.3) is 32.9 Å². The molecular formula is C16H10N2S. The molecule has 0 spiro atoms. The second-order valence-corrected chi connectivity index (χ2v) is 5.24. The molecule has 2 heterocycles. The molecule has 4 rings (SSSR count). The average Bonchev–Trinajstić information content (AvgIpc) is 3.01. The zero-order valence-electron chi connectivity index (χ0n) is 10.1. The van der Waals surface area contributed by atoms with Crippen molar-refractivity contribution in [3.63, 3.8) is 0 Å². The number of hydrogen-bond acceptors (Lipinski definition) is 3. The molecule has 0 aliphatic heterocycles. The maximum absolute atomic E-state index is 4.33. The van der Waals surface area contributed by atoms with Crippen LogP contribution < -0.4 is 0 Å². The Hall–Kier alpha value is -2.26. The lowest BCUT2D eigenvalue weighted by molar-refractivity contribution is 1.12. The third-order valence-corrected chi connectivity index (χ3v) is 4.00. The fourth-order valence-corrected chi connectivity index (χ4v) is 3.01. The third-order valence-electron chi connectivity index (χ3n) is 3.31. The van der Waals surface area contributed by atoms with Crippen molar-refractivity contribution in [2.45, 2.75) is 0 Å². The maximum atomic E-state index is 4.33. The highest BCUT2D eigenvalue weighted by molar-refractivity contribution is 7.08. The molecule has 0 aliphatic rings. The summed E-state index contributed by atoms with van der Waals surface area (Å²) in [6.07, 6.45) is 0. The van der Waals surface area contributed by atoms with E-state index in [1.165, 1.54) is 11.1 Å². The van der Waals surface area contributed by atoms with E-state index in [-0.39, 0.29) is 0 Å². The van der Waals surface area contributed by atoms with Gasteiger partial charge in [0.25, 0.3) is 0 Å². The lowest BCUT2D eigenvalue weighted by Gasteiger charge is -2.04. The van der Waals surface area contributed by atoms with Crippen LogP contribution in [0.5, 0.6) is 0 Å². The van der Waals surface area contributed by atoms with E-state index < -0.39 is 0 Å². The van der Waals surface area contributed by atoms with Gasteiger partial charge in [-0.05, 0) is 40.1 Å². The van der Waals surface area contributed by atoms with Gasteiger partial charge >= 0.3 is 0 Å². The summed E-state index contributed by atoms with van der Waals surface area (Å²) in [5.74, 6) is 0. The van der Waals surface area contributed by atoms with E-state index >= 15 is 0 Å². The molecule has 3 heteroatoms. The molecule has 0 unspecified atom stereocenters. The smallest absolute Gasteiger partial charge is 0.0942 e. The number of thiophene rings is 1. The Morgan fingerprint density at radius 2 is 1.58 bits per heavy atom. The van der Waals surface area contributed by atoms with Gasteiger partial charge in [0.15, 0.2) is 0 Å². The molecule has 0 amide bonds. The fourth-order valence-electron chi connectivity index (χ4n) is 2.35. The number of fused-ring (bicyclic) bond motifs is 3. The molecule has 0 aliphatic carbocycles. The first-order chi connectivity index (χ1) is 9.42. The topological polar surface area (TPSA) is 25.8 Å². The molecule has 2 aromatic carbocycles. The SMILES string of the molecule is c1ccc2c(c1)nnc1cc(-c3ccsc3)ccc12. The summed E-state index contributed by atoms with van der Waals surface area (Å²) in [6.45, 7) is 0. The standard InChI is InChI=1S/C16H10N2S/c1-2-4-15-13(3-1)14-6-5-11(9-16(14)18-17-15)12-7-8-19-10-12/h1-10H. The number of nitrogens with zero attached hydrogens (tertiary/aromatic N) is 2. The molecule has 4 aromatic rings. The van der Waals surface area contributed by atoms with Crippen LogP contribution in [0, 0.1) is 0 Å². The van der Waals surface area contributed by atoms with Gasteiger partial charge in [-0.25, -0.2) is 0 Å². The highest BCUT2D eigenvalue weighted by Gasteiger charge is 2.05. The van der Waals surface area contributed by atoms with E-state index in [0.717, 1.165) is 21.8 Å². The predicted molar refractivity (Wildman–Crippen MR) is 80.4 cm³/mol. The lowest BCUT2D eigenvalue weighted by atomic mass is 10.0. The largest absolute Gasteiger partial charge is 0.152 e. The summed E-state index contributed by atoms with van der Waals surface area (Å²) in [5, 5.41) is 15.2. The van der Waals surface area contributed by atoms with Gasteiger partial charge < -0.3 is 0 Å². The molecule has 2 aromatic heterocycles. The predicted octanol–water partition coefficient (Wildman–Crippen LogP) is 4.51. The van der Waals surface area contributed by atoms with Gasteiger partial charge in [-0.3, -0.25) is 0 Å². The van der Waals surface area contributed by atoms with Crippen LogP contribution in [0.1, 0.15) is 0 Å². The van der Waals surface area contributed by atoms with Gasteiger partial charge in [0, 0.05) is 10.8 Å². The summed E-state index contributed by atoms with van der Waals surface area (Å²) >= 11 is 1.71. The molecule has 0 bridgehead atoms. The Bertz CT molecular complexity index is 866. The van der Waals surface area contributed by atoms with Crippen LogP contribution in [0.3, 0.4) is 0 Å². The highest BCUT2D eigenvalue weighted by atomic mass is 32.1. The second-order valence-electron chi connectivity index (χ2n) is 4.46. The quantitative estimate of drug-likeness (QED) is 0.472.